The van der Waals surface area contributed by atoms with Crippen LogP contribution < -0.4 is 14.9 Å². The van der Waals surface area contributed by atoms with E-state index in [0.29, 0.717) is 99.5 Å². The summed E-state index contributed by atoms with van der Waals surface area (Å²) in [5.74, 6) is 0.906. The molecule has 1 aromatic heterocycles. The highest BCUT2D eigenvalue weighted by Gasteiger charge is 2.16. The summed E-state index contributed by atoms with van der Waals surface area (Å²) in [4.78, 5) is 13.4. The first-order chi connectivity index (χ1) is 15.3. The summed E-state index contributed by atoms with van der Waals surface area (Å²) in [7, 11) is 0. The minimum atomic E-state index is -0.197. The van der Waals surface area contributed by atoms with Crippen molar-refractivity contribution >= 4 is 21.9 Å². The van der Waals surface area contributed by atoms with Crippen molar-refractivity contribution in [2.45, 2.75) is 0 Å². The molecule has 1 aliphatic heterocycles. The Morgan fingerprint density at radius 2 is 0.903 bits per heavy atom. The van der Waals surface area contributed by atoms with E-state index in [1.54, 1.807) is 36.4 Å². The third-order valence-electron chi connectivity index (χ3n) is 4.74. The predicted molar refractivity (Wildman–Crippen MR) is 114 cm³/mol. The smallest absolute Gasteiger partial charge is 0.208 e. The van der Waals surface area contributed by atoms with Gasteiger partial charge in [-0.05, 0) is 24.3 Å². The van der Waals surface area contributed by atoms with Gasteiger partial charge in [-0.15, -0.1) is 0 Å². The van der Waals surface area contributed by atoms with Crippen LogP contribution in [0, 0.1) is 0 Å². The molecule has 166 valence electrons. The summed E-state index contributed by atoms with van der Waals surface area (Å²) in [6, 6.07) is 10.6. The second-order valence-electron chi connectivity index (χ2n) is 6.84. The van der Waals surface area contributed by atoms with E-state index in [0.717, 1.165) is 0 Å². The third kappa shape index (κ3) is 5.54. The minimum Gasteiger partial charge on any atom is -0.490 e. The van der Waals surface area contributed by atoms with Crippen LogP contribution in [-0.2, 0) is 18.9 Å². The molecule has 0 radical (unpaired) electrons. The molecule has 2 bridgehead atoms. The van der Waals surface area contributed by atoms with Crippen LogP contribution in [0.2, 0.25) is 0 Å². The van der Waals surface area contributed by atoms with Crippen molar-refractivity contribution in [3.05, 3.63) is 46.6 Å². The zero-order valence-electron chi connectivity index (χ0n) is 17.3. The summed E-state index contributed by atoms with van der Waals surface area (Å²) < 4.78 is 39.6. The van der Waals surface area contributed by atoms with E-state index in [1.165, 1.54) is 0 Å². The van der Waals surface area contributed by atoms with E-state index in [-0.39, 0.29) is 5.43 Å². The van der Waals surface area contributed by atoms with Crippen molar-refractivity contribution in [1.82, 2.24) is 0 Å². The lowest BCUT2D eigenvalue weighted by Gasteiger charge is -2.12. The molecule has 2 aromatic carbocycles. The molecule has 0 unspecified atom stereocenters. The van der Waals surface area contributed by atoms with Crippen LogP contribution in [-0.4, -0.2) is 66.1 Å². The van der Waals surface area contributed by atoms with Crippen LogP contribution >= 0.6 is 0 Å². The molecule has 0 saturated heterocycles. The first-order valence-corrected chi connectivity index (χ1v) is 10.4. The van der Waals surface area contributed by atoms with Crippen molar-refractivity contribution < 1.29 is 32.8 Å². The van der Waals surface area contributed by atoms with E-state index in [4.69, 9.17) is 32.8 Å². The summed E-state index contributed by atoms with van der Waals surface area (Å²) in [5.41, 5.74) is 0.725. The van der Waals surface area contributed by atoms with E-state index in [2.05, 4.69) is 0 Å². The lowest BCUT2D eigenvalue weighted by molar-refractivity contribution is -0.00690. The van der Waals surface area contributed by atoms with Crippen LogP contribution in [0.4, 0.5) is 0 Å². The van der Waals surface area contributed by atoms with Gasteiger partial charge in [0.2, 0.25) is 5.43 Å². The van der Waals surface area contributed by atoms with Gasteiger partial charge in [-0.1, -0.05) is 12.1 Å². The monoisotopic (exact) mass is 430 g/mol. The molecule has 8 heteroatoms. The van der Waals surface area contributed by atoms with Crippen LogP contribution in [0.15, 0.2) is 45.6 Å². The second kappa shape index (κ2) is 11.1. The molecule has 0 fully saturated rings. The minimum absolute atomic E-state index is 0.197. The van der Waals surface area contributed by atoms with Gasteiger partial charge in [0.05, 0.1) is 52.9 Å². The lowest BCUT2D eigenvalue weighted by Crippen LogP contribution is -2.14. The van der Waals surface area contributed by atoms with Gasteiger partial charge in [0.15, 0.2) is 0 Å². The number of hydrogen-bond acceptors (Lipinski definition) is 8. The molecule has 0 saturated carbocycles. The summed E-state index contributed by atoms with van der Waals surface area (Å²) in [6.07, 6.45) is 0. The Hall–Kier alpha value is -2.65. The fourth-order valence-corrected chi connectivity index (χ4v) is 3.31. The Morgan fingerprint density at radius 3 is 1.32 bits per heavy atom. The Kier molecular flexibility index (Phi) is 7.73. The quantitative estimate of drug-likeness (QED) is 0.504. The zero-order chi connectivity index (χ0) is 21.3. The highest BCUT2D eigenvalue weighted by atomic mass is 16.6. The van der Waals surface area contributed by atoms with E-state index >= 15 is 0 Å². The number of benzene rings is 2. The molecular formula is C23H26O8. The molecular weight excluding hydrogens is 404 g/mol. The summed E-state index contributed by atoms with van der Waals surface area (Å²) >= 11 is 0. The van der Waals surface area contributed by atoms with Crippen LogP contribution in [0.25, 0.3) is 21.9 Å². The first kappa shape index (κ1) is 21.6. The molecule has 0 aliphatic carbocycles. The highest BCUT2D eigenvalue weighted by molar-refractivity contribution is 5.95. The molecule has 1 aliphatic rings. The van der Waals surface area contributed by atoms with Crippen LogP contribution in [0.1, 0.15) is 0 Å². The molecule has 0 N–H and O–H groups in total. The first-order valence-electron chi connectivity index (χ1n) is 10.4. The summed E-state index contributed by atoms with van der Waals surface area (Å²) in [6.45, 7) is 4.21. The molecule has 3 aromatic rings. The normalized spacial score (nSPS) is 17.8. The molecule has 0 amide bonds. The standard InChI is InChI=1S/C23H26O8/c24-23-21-17-3-1-5-19(21)31-20-6-2-4-18(22(20)23)30-16-14-28-12-10-26-8-7-25-9-11-27-13-15-29-17/h1-6H,7-16H2. The largest absolute Gasteiger partial charge is 0.490 e. The molecule has 0 atom stereocenters. The predicted octanol–water partition coefficient (Wildman–Crippen LogP) is 2.78. The molecule has 31 heavy (non-hydrogen) atoms. The summed E-state index contributed by atoms with van der Waals surface area (Å²) in [5, 5.41) is 0.766. The van der Waals surface area contributed by atoms with Crippen molar-refractivity contribution in [2.75, 3.05) is 66.1 Å². The lowest BCUT2D eigenvalue weighted by atomic mass is 10.1. The molecule has 8 nitrogen and oxygen atoms in total. The van der Waals surface area contributed by atoms with Gasteiger partial charge in [0, 0.05) is 0 Å². The number of hydrogen-bond donors (Lipinski definition) is 0. The van der Waals surface area contributed by atoms with Crippen molar-refractivity contribution in [1.29, 1.82) is 0 Å². The SMILES string of the molecule is O=c1c2c3cccc2oc2cccc(c12)OCCOCCOCCOCCOCCO3. The van der Waals surface area contributed by atoms with E-state index in [1.807, 2.05) is 0 Å². The Morgan fingerprint density at radius 1 is 0.516 bits per heavy atom. The average Bonchev–Trinajstić information content (AvgIpc) is 2.78. The van der Waals surface area contributed by atoms with Crippen molar-refractivity contribution in [2.24, 2.45) is 0 Å². The molecule has 2 heterocycles. The van der Waals surface area contributed by atoms with Gasteiger partial charge in [-0.25, -0.2) is 0 Å². The van der Waals surface area contributed by atoms with Crippen LogP contribution in [0.3, 0.4) is 0 Å². The number of rotatable bonds is 0. The zero-order valence-corrected chi connectivity index (χ0v) is 17.3. The maximum absolute atomic E-state index is 13.4. The average molecular weight is 430 g/mol. The van der Waals surface area contributed by atoms with Gasteiger partial charge < -0.3 is 32.8 Å². The molecule has 0 spiro atoms. The number of ether oxygens (including phenoxy) is 6. The van der Waals surface area contributed by atoms with Gasteiger partial charge in [0.1, 0.15) is 46.7 Å². The van der Waals surface area contributed by atoms with E-state index in [9.17, 15) is 4.79 Å². The fraction of sp³-hybridized carbons (Fsp3) is 0.435. The van der Waals surface area contributed by atoms with Gasteiger partial charge in [-0.3, -0.25) is 4.79 Å². The van der Waals surface area contributed by atoms with Crippen molar-refractivity contribution in [3.8, 4) is 11.5 Å². The Labute approximate surface area is 179 Å². The second-order valence-corrected chi connectivity index (χ2v) is 6.84. The molecule has 4 rings (SSSR count). The van der Waals surface area contributed by atoms with Gasteiger partial charge in [-0.2, -0.15) is 0 Å². The highest BCUT2D eigenvalue weighted by Crippen LogP contribution is 2.30. The topological polar surface area (TPSA) is 85.6 Å². The van der Waals surface area contributed by atoms with Gasteiger partial charge >= 0.3 is 0 Å². The maximum Gasteiger partial charge on any atom is 0.208 e. The maximum atomic E-state index is 13.4. The Balaban J connectivity index is 1.60. The van der Waals surface area contributed by atoms with Crippen molar-refractivity contribution in [3.63, 3.8) is 0 Å². The fourth-order valence-electron chi connectivity index (χ4n) is 3.31. The van der Waals surface area contributed by atoms with E-state index < -0.39 is 0 Å². The van der Waals surface area contributed by atoms with Crippen LogP contribution in [0.5, 0.6) is 11.5 Å². The third-order valence-corrected chi connectivity index (χ3v) is 4.74. The van der Waals surface area contributed by atoms with Gasteiger partial charge in [0.25, 0.3) is 0 Å². The Bertz CT molecular complexity index is 966.